The van der Waals surface area contributed by atoms with Crippen molar-refractivity contribution in [2.75, 3.05) is 6.54 Å². The lowest BCUT2D eigenvalue weighted by Crippen LogP contribution is -2.30. The highest BCUT2D eigenvalue weighted by molar-refractivity contribution is 6.14. The molecule has 0 spiro atoms. The average Bonchev–Trinajstić information content (AvgIpc) is 3.21. The number of benzene rings is 2. The van der Waals surface area contributed by atoms with Crippen LogP contribution in [-0.2, 0) is 11.3 Å². The number of nitro groups is 1. The van der Waals surface area contributed by atoms with Crippen molar-refractivity contribution < 1.29 is 14.5 Å². The summed E-state index contributed by atoms with van der Waals surface area (Å²) < 4.78 is 1.96. The first-order chi connectivity index (χ1) is 14.5. The van der Waals surface area contributed by atoms with Gasteiger partial charge in [0.2, 0.25) is 0 Å². The Morgan fingerprint density at radius 1 is 1.13 bits per heavy atom. The van der Waals surface area contributed by atoms with Gasteiger partial charge in [-0.1, -0.05) is 36.4 Å². The van der Waals surface area contributed by atoms with Crippen LogP contribution in [0.5, 0.6) is 0 Å². The summed E-state index contributed by atoms with van der Waals surface area (Å²) in [4.78, 5) is 36.2. The van der Waals surface area contributed by atoms with Gasteiger partial charge in [0.25, 0.3) is 11.6 Å². The number of aromatic nitrogens is 1. The predicted molar refractivity (Wildman–Crippen MR) is 113 cm³/mol. The van der Waals surface area contributed by atoms with Gasteiger partial charge in [-0.15, -0.1) is 6.58 Å². The van der Waals surface area contributed by atoms with E-state index in [4.69, 9.17) is 0 Å². The molecule has 0 unspecified atom stereocenters. The molecule has 150 valence electrons. The van der Waals surface area contributed by atoms with Gasteiger partial charge >= 0.3 is 6.03 Å². The van der Waals surface area contributed by atoms with Crippen molar-refractivity contribution >= 4 is 34.6 Å². The summed E-state index contributed by atoms with van der Waals surface area (Å²) in [5, 5.41) is 14.6. The molecule has 0 atom stereocenters. The van der Waals surface area contributed by atoms with Crippen LogP contribution in [0.25, 0.3) is 17.0 Å². The number of rotatable bonds is 6. The molecule has 1 fully saturated rings. The molecule has 0 saturated carbocycles. The first-order valence-electron chi connectivity index (χ1n) is 9.24. The van der Waals surface area contributed by atoms with Gasteiger partial charge < -0.3 is 9.88 Å². The quantitative estimate of drug-likeness (QED) is 0.224. The van der Waals surface area contributed by atoms with Crippen molar-refractivity contribution in [3.05, 3.63) is 94.3 Å². The largest absolute Gasteiger partial charge is 0.342 e. The normalized spacial score (nSPS) is 15.1. The van der Waals surface area contributed by atoms with Gasteiger partial charge in [0, 0.05) is 47.9 Å². The third-order valence-corrected chi connectivity index (χ3v) is 4.87. The van der Waals surface area contributed by atoms with Crippen LogP contribution >= 0.6 is 0 Å². The first-order valence-corrected chi connectivity index (χ1v) is 9.24. The highest BCUT2D eigenvalue weighted by atomic mass is 16.6. The predicted octanol–water partition coefficient (Wildman–Crippen LogP) is 3.68. The number of nitrogens with zero attached hydrogens (tertiary/aromatic N) is 3. The number of hydrogen-bond donors (Lipinski definition) is 1. The fourth-order valence-electron chi connectivity index (χ4n) is 3.51. The molecule has 2 heterocycles. The maximum Gasteiger partial charge on any atom is 0.329 e. The van der Waals surface area contributed by atoms with Gasteiger partial charge in [-0.3, -0.25) is 19.8 Å². The summed E-state index contributed by atoms with van der Waals surface area (Å²) in [5.74, 6) is -0.407. The van der Waals surface area contributed by atoms with Crippen LogP contribution in [0.3, 0.4) is 0 Å². The molecule has 1 aliphatic heterocycles. The van der Waals surface area contributed by atoms with E-state index < -0.39 is 16.9 Å². The van der Waals surface area contributed by atoms with Gasteiger partial charge in [-0.2, -0.15) is 0 Å². The van der Waals surface area contributed by atoms with E-state index in [1.165, 1.54) is 12.1 Å². The molecule has 3 aromatic rings. The molecule has 0 bridgehead atoms. The summed E-state index contributed by atoms with van der Waals surface area (Å²) in [6, 6.07) is 13.7. The molecule has 30 heavy (non-hydrogen) atoms. The fraction of sp³-hybridized carbons (Fsp3) is 0.0909. The van der Waals surface area contributed by atoms with Crippen molar-refractivity contribution in [3.8, 4) is 0 Å². The molecule has 8 nitrogen and oxygen atoms in total. The zero-order valence-corrected chi connectivity index (χ0v) is 15.9. The molecular weight excluding hydrogens is 384 g/mol. The first kappa shape index (κ1) is 19.1. The second kappa shape index (κ2) is 7.67. The summed E-state index contributed by atoms with van der Waals surface area (Å²) in [7, 11) is 0. The smallest absolute Gasteiger partial charge is 0.329 e. The number of fused-ring (bicyclic) bond motifs is 1. The van der Waals surface area contributed by atoms with Crippen LogP contribution in [0, 0.1) is 10.1 Å². The van der Waals surface area contributed by atoms with E-state index in [-0.39, 0.29) is 17.9 Å². The van der Waals surface area contributed by atoms with Crippen LogP contribution < -0.4 is 5.32 Å². The van der Waals surface area contributed by atoms with E-state index in [0.29, 0.717) is 6.54 Å². The van der Waals surface area contributed by atoms with Gasteiger partial charge in [0.15, 0.2) is 0 Å². The number of imide groups is 1. The monoisotopic (exact) mass is 402 g/mol. The number of hydrogen-bond acceptors (Lipinski definition) is 4. The molecule has 1 saturated heterocycles. The van der Waals surface area contributed by atoms with Crippen molar-refractivity contribution in [2.24, 2.45) is 0 Å². The lowest BCUT2D eigenvalue weighted by molar-refractivity contribution is -0.384. The number of amides is 3. The van der Waals surface area contributed by atoms with Crippen molar-refractivity contribution in [3.63, 3.8) is 0 Å². The number of nitrogens with one attached hydrogen (secondary N) is 1. The summed E-state index contributed by atoms with van der Waals surface area (Å²) in [6.45, 7) is 4.12. The highest BCUT2D eigenvalue weighted by Crippen LogP contribution is 2.26. The second-order valence-electron chi connectivity index (χ2n) is 6.85. The number of urea groups is 1. The summed E-state index contributed by atoms with van der Waals surface area (Å²) in [6.07, 6.45) is 5.01. The Kier molecular flexibility index (Phi) is 4.89. The molecule has 2 aromatic carbocycles. The zero-order valence-electron chi connectivity index (χ0n) is 15.9. The molecule has 1 aliphatic rings. The second-order valence-corrected chi connectivity index (χ2v) is 6.85. The number of non-ortho nitro benzene ring substituents is 1. The Bertz CT molecular complexity index is 1220. The molecule has 0 radical (unpaired) electrons. The zero-order chi connectivity index (χ0) is 21.3. The average molecular weight is 402 g/mol. The van der Waals surface area contributed by atoms with Crippen LogP contribution in [0.2, 0.25) is 0 Å². The standard InChI is InChI=1S/C22H18N4O4/c1-2-10-25-21(27)19(23-22(25)28)12-16-14-24(20-9-4-3-8-18(16)20)13-15-6-5-7-17(11-15)26(29)30/h2-9,11-12,14H,1,10,13H2,(H,23,28)/b19-12+. The van der Waals surface area contributed by atoms with E-state index in [0.717, 1.165) is 26.9 Å². The minimum absolute atomic E-state index is 0.0351. The number of carbonyl (C=O) groups excluding carboxylic acids is 2. The molecule has 8 heteroatoms. The maximum atomic E-state index is 12.5. The van der Waals surface area contributed by atoms with E-state index >= 15 is 0 Å². The van der Waals surface area contributed by atoms with Crippen LogP contribution in [0.1, 0.15) is 11.1 Å². The third kappa shape index (κ3) is 3.46. The van der Waals surface area contributed by atoms with Gasteiger partial charge in [0.1, 0.15) is 5.70 Å². The maximum absolute atomic E-state index is 12.5. The Morgan fingerprint density at radius 3 is 2.70 bits per heavy atom. The molecule has 1 N–H and O–H groups in total. The molecule has 0 aliphatic carbocycles. The number of nitro benzene ring substituents is 1. The fourth-order valence-corrected chi connectivity index (χ4v) is 3.51. The van der Waals surface area contributed by atoms with E-state index in [1.807, 2.05) is 41.1 Å². The van der Waals surface area contributed by atoms with Gasteiger partial charge in [-0.25, -0.2) is 4.79 Å². The van der Waals surface area contributed by atoms with Crippen LogP contribution in [0.15, 0.2) is 73.1 Å². The molecule has 1 aromatic heterocycles. The van der Waals surface area contributed by atoms with Gasteiger partial charge in [0.05, 0.1) is 4.92 Å². The van der Waals surface area contributed by atoms with Crippen LogP contribution in [0.4, 0.5) is 10.5 Å². The summed E-state index contributed by atoms with van der Waals surface area (Å²) in [5.41, 5.74) is 2.69. The van der Waals surface area contributed by atoms with E-state index in [2.05, 4.69) is 11.9 Å². The Balaban J connectivity index is 1.72. The van der Waals surface area contributed by atoms with Gasteiger partial charge in [-0.05, 0) is 17.7 Å². The highest BCUT2D eigenvalue weighted by Gasteiger charge is 2.32. The van der Waals surface area contributed by atoms with Crippen molar-refractivity contribution in [1.82, 2.24) is 14.8 Å². The summed E-state index contributed by atoms with van der Waals surface area (Å²) >= 11 is 0. The minimum atomic E-state index is -0.480. The van der Waals surface area contributed by atoms with Crippen LogP contribution in [-0.4, -0.2) is 32.9 Å². The Morgan fingerprint density at radius 2 is 1.93 bits per heavy atom. The SMILES string of the molecule is C=CCN1C(=O)N/C(=C/c2cn(Cc3cccc([N+](=O)[O-])c3)c3ccccc23)C1=O. The van der Waals surface area contributed by atoms with Crippen molar-refractivity contribution in [1.29, 1.82) is 0 Å². The molecule has 4 rings (SSSR count). The Hall–Kier alpha value is -4.20. The Labute approximate surface area is 171 Å². The number of para-hydroxylation sites is 1. The van der Waals surface area contributed by atoms with E-state index in [1.54, 1.807) is 18.2 Å². The molecular formula is C22H18N4O4. The van der Waals surface area contributed by atoms with Crippen molar-refractivity contribution in [2.45, 2.75) is 6.54 Å². The minimum Gasteiger partial charge on any atom is -0.342 e. The van der Waals surface area contributed by atoms with E-state index in [9.17, 15) is 19.7 Å². The lowest BCUT2D eigenvalue weighted by Gasteiger charge is -2.06. The number of carbonyl (C=O) groups is 2. The lowest BCUT2D eigenvalue weighted by atomic mass is 10.1. The topological polar surface area (TPSA) is 97.5 Å². The molecule has 3 amide bonds. The third-order valence-electron chi connectivity index (χ3n) is 4.87.